The number of benzene rings is 1. The van der Waals surface area contributed by atoms with Crippen LogP contribution in [-0.2, 0) is 32.1 Å². The third-order valence-corrected chi connectivity index (χ3v) is 7.79. The van der Waals surface area contributed by atoms with Gasteiger partial charge in [0.15, 0.2) is 0 Å². The zero-order valence-electron chi connectivity index (χ0n) is 24.3. The lowest BCUT2D eigenvalue weighted by Gasteiger charge is -2.23. The summed E-state index contributed by atoms with van der Waals surface area (Å²) in [6.07, 6.45) is 31.5. The Morgan fingerprint density at radius 2 is 0.647 bits per heavy atom. The fraction of sp³-hybridized carbons (Fsp3) is 0.824. The van der Waals surface area contributed by atoms with Crippen LogP contribution in [0.15, 0.2) is 6.07 Å². The van der Waals surface area contributed by atoms with Crippen LogP contribution in [0.3, 0.4) is 0 Å². The van der Waals surface area contributed by atoms with Gasteiger partial charge in [0, 0.05) is 0 Å². The maximum atomic E-state index is 2.70. The minimum Gasteiger partial charge on any atom is -0.0654 e. The van der Waals surface area contributed by atoms with E-state index in [2.05, 4.69) is 40.7 Å². The van der Waals surface area contributed by atoms with Gasteiger partial charge in [-0.05, 0) is 92.0 Å². The highest BCUT2D eigenvalue weighted by atomic mass is 14.2. The molecule has 0 bridgehead atoms. The zero-order valence-corrected chi connectivity index (χ0v) is 24.3. The monoisotopic (exact) mass is 470 g/mol. The van der Waals surface area contributed by atoms with Crippen molar-refractivity contribution in [1.29, 1.82) is 0 Å². The second-order valence-electron chi connectivity index (χ2n) is 11.0. The SMILES string of the molecule is CCCCCCCCCCCCc1cc(CCCC)c(CCCC)c(CCCC)c1CCCC. The Morgan fingerprint density at radius 3 is 1.09 bits per heavy atom. The molecule has 0 N–H and O–H groups in total. The minimum absolute atomic E-state index is 1.30. The summed E-state index contributed by atoms with van der Waals surface area (Å²) in [4.78, 5) is 0. The average Bonchev–Trinajstić information content (AvgIpc) is 2.85. The first-order valence-corrected chi connectivity index (χ1v) is 15.9. The summed E-state index contributed by atoms with van der Waals surface area (Å²) in [6.45, 7) is 11.7. The van der Waals surface area contributed by atoms with Gasteiger partial charge >= 0.3 is 0 Å². The molecule has 0 saturated carbocycles. The number of aryl methyl sites for hydroxylation is 2. The molecule has 1 rings (SSSR count). The normalized spacial score (nSPS) is 11.4. The van der Waals surface area contributed by atoms with Gasteiger partial charge in [-0.1, -0.05) is 124 Å². The first-order chi connectivity index (χ1) is 16.7. The summed E-state index contributed by atoms with van der Waals surface area (Å²) in [6, 6.07) is 2.70. The van der Waals surface area contributed by atoms with Gasteiger partial charge in [-0.3, -0.25) is 0 Å². The van der Waals surface area contributed by atoms with Crippen molar-refractivity contribution in [2.24, 2.45) is 0 Å². The second-order valence-corrected chi connectivity index (χ2v) is 11.0. The van der Waals surface area contributed by atoms with Gasteiger partial charge in [0.05, 0.1) is 0 Å². The predicted molar refractivity (Wildman–Crippen MR) is 156 cm³/mol. The van der Waals surface area contributed by atoms with Crippen LogP contribution in [0.2, 0.25) is 0 Å². The van der Waals surface area contributed by atoms with E-state index >= 15 is 0 Å². The summed E-state index contributed by atoms with van der Waals surface area (Å²) >= 11 is 0. The standard InChI is InChI=1S/C34H62/c1-6-11-16-17-18-19-20-21-22-23-25-31-29-30(24-12-7-2)32(26-13-8-3)34(28-15-10-5)33(31)27-14-9-4/h29H,6-28H2,1-5H3. The van der Waals surface area contributed by atoms with Crippen LogP contribution in [0.4, 0.5) is 0 Å². The van der Waals surface area contributed by atoms with Crippen LogP contribution in [0.25, 0.3) is 0 Å². The molecular weight excluding hydrogens is 408 g/mol. The van der Waals surface area contributed by atoms with Gasteiger partial charge in [0.25, 0.3) is 0 Å². The third-order valence-electron chi connectivity index (χ3n) is 7.79. The molecule has 0 fully saturated rings. The smallest absolute Gasteiger partial charge is 0.0273 e. The quantitative estimate of drug-likeness (QED) is 0.139. The molecule has 0 heteroatoms. The van der Waals surface area contributed by atoms with Crippen molar-refractivity contribution in [2.45, 2.75) is 182 Å². The van der Waals surface area contributed by atoms with Gasteiger partial charge in [0.2, 0.25) is 0 Å². The molecule has 0 nitrogen and oxygen atoms in total. The highest BCUT2D eigenvalue weighted by molar-refractivity contribution is 5.47. The largest absolute Gasteiger partial charge is 0.0654 e. The topological polar surface area (TPSA) is 0 Å². The highest BCUT2D eigenvalue weighted by Crippen LogP contribution is 2.31. The van der Waals surface area contributed by atoms with Crippen LogP contribution in [0.1, 0.15) is 178 Å². The summed E-state index contributed by atoms with van der Waals surface area (Å²) in [5, 5.41) is 0. The van der Waals surface area contributed by atoms with Crippen LogP contribution < -0.4 is 0 Å². The summed E-state index contributed by atoms with van der Waals surface area (Å²) in [5.41, 5.74) is 8.84. The van der Waals surface area contributed by atoms with E-state index < -0.39 is 0 Å². The molecule has 0 spiro atoms. The van der Waals surface area contributed by atoms with E-state index in [0.717, 1.165) is 0 Å². The number of hydrogen-bond acceptors (Lipinski definition) is 0. The van der Waals surface area contributed by atoms with Crippen LogP contribution in [-0.4, -0.2) is 0 Å². The van der Waals surface area contributed by atoms with Gasteiger partial charge in [-0.15, -0.1) is 0 Å². The van der Waals surface area contributed by atoms with E-state index in [1.807, 2.05) is 0 Å². The first-order valence-electron chi connectivity index (χ1n) is 15.9. The van der Waals surface area contributed by atoms with Crippen LogP contribution >= 0.6 is 0 Å². The van der Waals surface area contributed by atoms with Crippen LogP contribution in [0.5, 0.6) is 0 Å². The number of unbranched alkanes of at least 4 members (excludes halogenated alkanes) is 13. The molecule has 0 radical (unpaired) electrons. The van der Waals surface area contributed by atoms with E-state index in [9.17, 15) is 0 Å². The fourth-order valence-corrected chi connectivity index (χ4v) is 5.56. The van der Waals surface area contributed by atoms with Crippen molar-refractivity contribution in [1.82, 2.24) is 0 Å². The minimum atomic E-state index is 1.30. The van der Waals surface area contributed by atoms with E-state index in [-0.39, 0.29) is 0 Å². The van der Waals surface area contributed by atoms with Crippen molar-refractivity contribution in [3.05, 3.63) is 33.9 Å². The molecule has 34 heavy (non-hydrogen) atoms. The Hall–Kier alpha value is -0.780. The third kappa shape index (κ3) is 12.8. The summed E-state index contributed by atoms with van der Waals surface area (Å²) < 4.78 is 0. The highest BCUT2D eigenvalue weighted by Gasteiger charge is 2.17. The summed E-state index contributed by atoms with van der Waals surface area (Å²) in [7, 11) is 0. The molecule has 0 unspecified atom stereocenters. The lowest BCUT2D eigenvalue weighted by molar-refractivity contribution is 0.555. The van der Waals surface area contributed by atoms with Gasteiger partial charge in [-0.25, -0.2) is 0 Å². The maximum absolute atomic E-state index is 2.70. The Labute approximate surface area is 216 Å². The Bertz CT molecular complexity index is 597. The molecule has 0 aromatic heterocycles. The van der Waals surface area contributed by atoms with Gasteiger partial charge in [-0.2, -0.15) is 0 Å². The lowest BCUT2D eigenvalue weighted by Crippen LogP contribution is -2.10. The summed E-state index contributed by atoms with van der Waals surface area (Å²) in [5.74, 6) is 0. The van der Waals surface area contributed by atoms with E-state index in [1.54, 1.807) is 27.8 Å². The molecule has 0 aliphatic rings. The maximum Gasteiger partial charge on any atom is -0.0273 e. The predicted octanol–water partition coefficient (Wildman–Crippen LogP) is 11.5. The van der Waals surface area contributed by atoms with Gasteiger partial charge in [0.1, 0.15) is 0 Å². The number of rotatable bonds is 23. The second kappa shape index (κ2) is 21.5. The molecule has 0 saturated heterocycles. The van der Waals surface area contributed by atoms with Gasteiger partial charge < -0.3 is 0 Å². The average molecular weight is 471 g/mol. The molecule has 0 aliphatic heterocycles. The van der Waals surface area contributed by atoms with Crippen molar-refractivity contribution in [3.8, 4) is 0 Å². The van der Waals surface area contributed by atoms with E-state index in [1.165, 1.54) is 148 Å². The molecular formula is C34H62. The molecule has 1 aromatic carbocycles. The molecule has 198 valence electrons. The molecule has 0 heterocycles. The zero-order chi connectivity index (χ0) is 24.9. The Balaban J connectivity index is 2.91. The molecule has 0 aliphatic carbocycles. The molecule has 1 aromatic rings. The van der Waals surface area contributed by atoms with Crippen molar-refractivity contribution < 1.29 is 0 Å². The van der Waals surface area contributed by atoms with Crippen molar-refractivity contribution >= 4 is 0 Å². The van der Waals surface area contributed by atoms with Crippen LogP contribution in [0, 0.1) is 0 Å². The number of hydrogen-bond donors (Lipinski definition) is 0. The fourth-order valence-electron chi connectivity index (χ4n) is 5.56. The van der Waals surface area contributed by atoms with E-state index in [4.69, 9.17) is 0 Å². The first kappa shape index (κ1) is 31.3. The lowest BCUT2D eigenvalue weighted by atomic mass is 9.82. The molecule has 0 amide bonds. The van der Waals surface area contributed by atoms with Crippen molar-refractivity contribution in [2.75, 3.05) is 0 Å². The van der Waals surface area contributed by atoms with Crippen molar-refractivity contribution in [3.63, 3.8) is 0 Å². The Morgan fingerprint density at radius 1 is 0.324 bits per heavy atom. The Kier molecular flexibility index (Phi) is 19.8. The van der Waals surface area contributed by atoms with E-state index in [0.29, 0.717) is 0 Å². The molecule has 0 atom stereocenters.